The van der Waals surface area contributed by atoms with Crippen LogP contribution >= 0.6 is 0 Å². The molecule has 0 aliphatic carbocycles. The number of piperazine rings is 1. The predicted octanol–water partition coefficient (Wildman–Crippen LogP) is 0.759. The highest BCUT2D eigenvalue weighted by Crippen LogP contribution is 2.31. The van der Waals surface area contributed by atoms with Crippen molar-refractivity contribution in [1.82, 2.24) is 14.9 Å². The largest absolute Gasteiger partial charge is 0.346 e. The zero-order valence-corrected chi connectivity index (χ0v) is 9.72. The Kier molecular flexibility index (Phi) is 2.21. The summed E-state index contributed by atoms with van der Waals surface area (Å²) in [6.07, 6.45) is 3.84. The average Bonchev–Trinajstić information content (AvgIpc) is 2.66. The monoisotopic (exact) mass is 219 g/mol. The molecular weight excluding hydrogens is 202 g/mol. The minimum atomic E-state index is 0.341. The van der Waals surface area contributed by atoms with Crippen molar-refractivity contribution in [3.05, 3.63) is 12.4 Å². The van der Waals surface area contributed by atoms with E-state index in [9.17, 15) is 0 Å². The molecule has 0 radical (unpaired) electrons. The van der Waals surface area contributed by atoms with Gasteiger partial charge in [0.25, 0.3) is 0 Å². The van der Waals surface area contributed by atoms with Gasteiger partial charge in [0.2, 0.25) is 0 Å². The summed E-state index contributed by atoms with van der Waals surface area (Å²) in [5.41, 5.74) is 0. The molecule has 16 heavy (non-hydrogen) atoms. The van der Waals surface area contributed by atoms with Crippen LogP contribution in [-0.2, 0) is 0 Å². The van der Waals surface area contributed by atoms with Crippen LogP contribution in [0, 0.1) is 0 Å². The van der Waals surface area contributed by atoms with E-state index >= 15 is 0 Å². The molecule has 0 amide bonds. The van der Waals surface area contributed by atoms with E-state index in [1.54, 1.807) is 12.4 Å². The van der Waals surface area contributed by atoms with Gasteiger partial charge in [-0.15, -0.1) is 0 Å². The average molecular weight is 219 g/mol. The molecule has 0 aromatic carbocycles. The summed E-state index contributed by atoms with van der Waals surface area (Å²) < 4.78 is 0. The highest BCUT2D eigenvalue weighted by atomic mass is 15.4. The second-order valence-corrected chi connectivity index (χ2v) is 4.67. The van der Waals surface area contributed by atoms with Gasteiger partial charge in [-0.2, -0.15) is 0 Å². The molecule has 1 atom stereocenters. The molecule has 2 aliphatic heterocycles. The fraction of sp³-hybridized carbons (Fsp3) is 0.636. The van der Waals surface area contributed by atoms with Crippen molar-refractivity contribution >= 4 is 11.6 Å². The Labute approximate surface area is 95.5 Å². The van der Waals surface area contributed by atoms with Gasteiger partial charge in [0.05, 0.1) is 0 Å². The maximum atomic E-state index is 4.40. The normalized spacial score (nSPS) is 24.2. The van der Waals surface area contributed by atoms with Crippen molar-refractivity contribution in [3.63, 3.8) is 0 Å². The van der Waals surface area contributed by atoms with Gasteiger partial charge in [-0.3, -0.25) is 4.90 Å². The highest BCUT2D eigenvalue weighted by molar-refractivity contribution is 5.68. The molecule has 3 rings (SSSR count). The summed E-state index contributed by atoms with van der Waals surface area (Å²) in [4.78, 5) is 13.5. The number of anilines is 2. The van der Waals surface area contributed by atoms with Gasteiger partial charge in [-0.25, -0.2) is 9.97 Å². The van der Waals surface area contributed by atoms with Gasteiger partial charge in [-0.1, -0.05) is 0 Å². The maximum Gasteiger partial charge on any atom is 0.173 e. The Morgan fingerprint density at radius 1 is 1.31 bits per heavy atom. The molecule has 1 fully saturated rings. The number of hydrogen-bond donors (Lipinski definition) is 1. The maximum absolute atomic E-state index is 4.40. The van der Waals surface area contributed by atoms with Crippen LogP contribution in [0.25, 0.3) is 0 Å². The second-order valence-electron chi connectivity index (χ2n) is 4.67. The molecule has 1 saturated heterocycles. The highest BCUT2D eigenvalue weighted by Gasteiger charge is 2.35. The molecule has 0 spiro atoms. The fourth-order valence-corrected chi connectivity index (χ4v) is 2.45. The standard InChI is InChI=1S/C11H17N5/c1-8(2)15-5-6-16-9(7-15)14-10-11(16)13-4-3-12-10/h3-4,8-9H,5-7H2,1-2H3,(H,12,14)/t9-/m1/s1. The van der Waals surface area contributed by atoms with Crippen molar-refractivity contribution in [2.24, 2.45) is 0 Å². The Morgan fingerprint density at radius 2 is 2.12 bits per heavy atom. The summed E-state index contributed by atoms with van der Waals surface area (Å²) in [7, 11) is 0. The van der Waals surface area contributed by atoms with Crippen molar-refractivity contribution < 1.29 is 0 Å². The molecule has 2 aliphatic rings. The first-order valence-electron chi connectivity index (χ1n) is 5.84. The summed E-state index contributed by atoms with van der Waals surface area (Å²) in [5, 5.41) is 3.43. The van der Waals surface area contributed by atoms with Gasteiger partial charge in [0, 0.05) is 38.1 Å². The van der Waals surface area contributed by atoms with Crippen LogP contribution in [0.15, 0.2) is 12.4 Å². The van der Waals surface area contributed by atoms with E-state index in [1.807, 2.05) is 0 Å². The Balaban J connectivity index is 1.82. The summed E-state index contributed by atoms with van der Waals surface area (Å²) in [5.74, 6) is 1.94. The second kappa shape index (κ2) is 3.59. The summed E-state index contributed by atoms with van der Waals surface area (Å²) in [6.45, 7) is 7.66. The summed E-state index contributed by atoms with van der Waals surface area (Å²) >= 11 is 0. The van der Waals surface area contributed by atoms with Crippen LogP contribution in [-0.4, -0.2) is 46.7 Å². The number of aromatic nitrogens is 2. The third-order valence-electron chi connectivity index (χ3n) is 3.40. The molecule has 0 saturated carbocycles. The smallest absolute Gasteiger partial charge is 0.173 e. The van der Waals surface area contributed by atoms with Gasteiger partial charge >= 0.3 is 0 Å². The molecule has 0 unspecified atom stereocenters. The molecule has 5 heteroatoms. The Morgan fingerprint density at radius 3 is 2.94 bits per heavy atom. The molecule has 86 valence electrons. The first-order valence-corrected chi connectivity index (χ1v) is 5.84. The Hall–Kier alpha value is -1.36. The number of rotatable bonds is 1. The summed E-state index contributed by atoms with van der Waals surface area (Å²) in [6, 6.07) is 0.605. The minimum Gasteiger partial charge on any atom is -0.346 e. The van der Waals surface area contributed by atoms with Crippen LogP contribution in [0.2, 0.25) is 0 Å². The quantitative estimate of drug-likeness (QED) is 0.755. The zero-order valence-electron chi connectivity index (χ0n) is 9.72. The van der Waals surface area contributed by atoms with Crippen LogP contribution in [0.5, 0.6) is 0 Å². The third-order valence-corrected chi connectivity index (χ3v) is 3.40. The SMILES string of the molecule is CC(C)N1CCN2c3nccnc3N[C@H]2C1. The van der Waals surface area contributed by atoms with E-state index < -0.39 is 0 Å². The lowest BCUT2D eigenvalue weighted by molar-refractivity contribution is 0.190. The van der Waals surface area contributed by atoms with Crippen LogP contribution < -0.4 is 10.2 Å². The fourth-order valence-electron chi connectivity index (χ4n) is 2.45. The molecule has 3 heterocycles. The van der Waals surface area contributed by atoms with E-state index in [1.165, 1.54) is 0 Å². The van der Waals surface area contributed by atoms with E-state index in [2.05, 4.69) is 38.9 Å². The lowest BCUT2D eigenvalue weighted by Gasteiger charge is -2.39. The predicted molar refractivity (Wildman–Crippen MR) is 63.5 cm³/mol. The minimum absolute atomic E-state index is 0.341. The van der Waals surface area contributed by atoms with Crippen LogP contribution in [0.3, 0.4) is 0 Å². The van der Waals surface area contributed by atoms with Crippen molar-refractivity contribution in [2.75, 3.05) is 29.9 Å². The molecule has 5 nitrogen and oxygen atoms in total. The van der Waals surface area contributed by atoms with Crippen molar-refractivity contribution in [3.8, 4) is 0 Å². The topological polar surface area (TPSA) is 44.3 Å². The van der Waals surface area contributed by atoms with Crippen molar-refractivity contribution in [1.29, 1.82) is 0 Å². The molecule has 1 aromatic heterocycles. The van der Waals surface area contributed by atoms with E-state index in [0.717, 1.165) is 31.3 Å². The molecule has 1 N–H and O–H groups in total. The van der Waals surface area contributed by atoms with E-state index in [-0.39, 0.29) is 0 Å². The number of hydrogen-bond acceptors (Lipinski definition) is 5. The Bertz CT molecular complexity index is 392. The third kappa shape index (κ3) is 1.43. The van der Waals surface area contributed by atoms with E-state index in [0.29, 0.717) is 12.2 Å². The number of fused-ring (bicyclic) bond motifs is 3. The zero-order chi connectivity index (χ0) is 11.1. The first kappa shape index (κ1) is 9.84. The van der Waals surface area contributed by atoms with Crippen LogP contribution in [0.1, 0.15) is 13.8 Å². The lowest BCUT2D eigenvalue weighted by Crippen LogP contribution is -2.55. The number of nitrogens with zero attached hydrogens (tertiary/aromatic N) is 4. The first-order chi connectivity index (χ1) is 7.75. The van der Waals surface area contributed by atoms with E-state index in [4.69, 9.17) is 0 Å². The van der Waals surface area contributed by atoms with Gasteiger partial charge < -0.3 is 10.2 Å². The molecule has 0 bridgehead atoms. The van der Waals surface area contributed by atoms with Crippen molar-refractivity contribution in [2.45, 2.75) is 26.1 Å². The van der Waals surface area contributed by atoms with Gasteiger partial charge in [-0.05, 0) is 13.8 Å². The molecule has 1 aromatic rings. The van der Waals surface area contributed by atoms with Gasteiger partial charge in [0.15, 0.2) is 11.6 Å². The lowest BCUT2D eigenvalue weighted by atomic mass is 10.2. The van der Waals surface area contributed by atoms with Gasteiger partial charge in [0.1, 0.15) is 6.17 Å². The molecular formula is C11H17N5. The number of nitrogens with one attached hydrogen (secondary N) is 1. The van der Waals surface area contributed by atoms with Crippen LogP contribution in [0.4, 0.5) is 11.6 Å².